The van der Waals surface area contributed by atoms with E-state index in [-0.39, 0.29) is 12.3 Å². The fourth-order valence-electron chi connectivity index (χ4n) is 3.64. The summed E-state index contributed by atoms with van der Waals surface area (Å²) in [4.78, 5) is 16.4. The lowest BCUT2D eigenvalue weighted by Crippen LogP contribution is -2.39. The smallest absolute Gasteiger partial charge is 0.224 e. The van der Waals surface area contributed by atoms with Crippen molar-refractivity contribution >= 4 is 27.1 Å². The highest BCUT2D eigenvalue weighted by Crippen LogP contribution is 2.30. The normalized spacial score (nSPS) is 16.2. The minimum atomic E-state index is -3.27. The zero-order chi connectivity index (χ0) is 20.9. The molecule has 1 saturated heterocycles. The van der Waals surface area contributed by atoms with Crippen LogP contribution >= 0.6 is 11.3 Å². The van der Waals surface area contributed by atoms with E-state index >= 15 is 0 Å². The molecule has 0 saturated carbocycles. The van der Waals surface area contributed by atoms with Crippen LogP contribution in [0.15, 0.2) is 46.7 Å². The molecule has 0 radical (unpaired) electrons. The Morgan fingerprint density at radius 2 is 1.86 bits per heavy atom. The fourth-order valence-corrected chi connectivity index (χ4v) is 5.59. The van der Waals surface area contributed by atoms with Gasteiger partial charge in [-0.05, 0) is 74.8 Å². The first-order valence-corrected chi connectivity index (χ1v) is 12.6. The summed E-state index contributed by atoms with van der Waals surface area (Å²) >= 11 is 1.85. The molecule has 1 aromatic heterocycles. The molecule has 1 aliphatic rings. The molecule has 2 heterocycles. The van der Waals surface area contributed by atoms with Gasteiger partial charge in [0.1, 0.15) is 0 Å². The lowest BCUT2D eigenvalue weighted by Gasteiger charge is -2.31. The van der Waals surface area contributed by atoms with Crippen LogP contribution in [0.4, 0.5) is 0 Å². The standard InChI is InChI=1S/C22H30N2O3S2/c1-17(2)29(26,27)20-7-5-18(6-8-20)16-22(25)23-11-14-24-12-9-19(10-13-24)21-4-3-15-28-21/h3-8,15,17,19H,9-14,16H2,1-2H3,(H,23,25). The number of nitrogens with one attached hydrogen (secondary N) is 1. The van der Waals surface area contributed by atoms with Gasteiger partial charge in [-0.2, -0.15) is 0 Å². The maximum atomic E-state index is 12.2. The van der Waals surface area contributed by atoms with Crippen molar-refractivity contribution in [1.82, 2.24) is 10.2 Å². The van der Waals surface area contributed by atoms with Crippen molar-refractivity contribution in [2.24, 2.45) is 0 Å². The lowest BCUT2D eigenvalue weighted by molar-refractivity contribution is -0.120. The Morgan fingerprint density at radius 3 is 2.45 bits per heavy atom. The van der Waals surface area contributed by atoms with E-state index in [2.05, 4.69) is 27.7 Å². The van der Waals surface area contributed by atoms with E-state index in [1.807, 2.05) is 11.3 Å². The molecule has 1 fully saturated rings. The zero-order valence-corrected chi connectivity index (χ0v) is 18.8. The molecule has 158 valence electrons. The van der Waals surface area contributed by atoms with Crippen molar-refractivity contribution in [2.45, 2.75) is 49.2 Å². The highest BCUT2D eigenvalue weighted by atomic mass is 32.2. The second-order valence-electron chi connectivity index (χ2n) is 7.90. The van der Waals surface area contributed by atoms with Gasteiger partial charge >= 0.3 is 0 Å². The Morgan fingerprint density at radius 1 is 1.17 bits per heavy atom. The molecule has 0 unspecified atom stereocenters. The largest absolute Gasteiger partial charge is 0.355 e. The number of sulfone groups is 1. The number of rotatable bonds is 8. The molecule has 2 aromatic rings. The van der Waals surface area contributed by atoms with Gasteiger partial charge in [0.25, 0.3) is 0 Å². The Kier molecular flexibility index (Phi) is 7.49. The topological polar surface area (TPSA) is 66.5 Å². The third kappa shape index (κ3) is 5.90. The monoisotopic (exact) mass is 434 g/mol. The number of piperidine rings is 1. The van der Waals surface area contributed by atoms with E-state index in [9.17, 15) is 13.2 Å². The predicted octanol–water partition coefficient (Wildman–Crippen LogP) is 3.47. The van der Waals surface area contributed by atoms with Gasteiger partial charge in [0.2, 0.25) is 5.91 Å². The Bertz CT molecular complexity index is 883. The molecular weight excluding hydrogens is 404 g/mol. The highest BCUT2D eigenvalue weighted by Gasteiger charge is 2.21. The van der Waals surface area contributed by atoms with Gasteiger partial charge in [0.05, 0.1) is 16.6 Å². The van der Waals surface area contributed by atoms with Crippen LogP contribution in [-0.4, -0.2) is 50.7 Å². The maximum Gasteiger partial charge on any atom is 0.224 e. The first-order chi connectivity index (χ1) is 13.9. The summed E-state index contributed by atoms with van der Waals surface area (Å²) in [5.74, 6) is 0.654. The molecular formula is C22H30N2O3S2. The fraction of sp³-hybridized carbons (Fsp3) is 0.500. The van der Waals surface area contributed by atoms with Gasteiger partial charge in [-0.25, -0.2) is 8.42 Å². The zero-order valence-electron chi connectivity index (χ0n) is 17.1. The van der Waals surface area contributed by atoms with Gasteiger partial charge < -0.3 is 10.2 Å². The van der Waals surface area contributed by atoms with Crippen LogP contribution in [0.2, 0.25) is 0 Å². The van der Waals surface area contributed by atoms with E-state index in [1.54, 1.807) is 38.1 Å². The second kappa shape index (κ2) is 9.87. The Labute approximate surface area is 178 Å². The maximum absolute atomic E-state index is 12.2. The van der Waals surface area contributed by atoms with Crippen LogP contribution < -0.4 is 5.32 Å². The number of hydrogen-bond acceptors (Lipinski definition) is 5. The van der Waals surface area contributed by atoms with Crippen molar-refractivity contribution in [3.63, 3.8) is 0 Å². The molecule has 0 aliphatic carbocycles. The van der Waals surface area contributed by atoms with E-state index in [0.717, 1.165) is 25.2 Å². The van der Waals surface area contributed by atoms with Crippen LogP contribution in [-0.2, 0) is 21.1 Å². The molecule has 1 aliphatic heterocycles. The minimum Gasteiger partial charge on any atom is -0.355 e. The highest BCUT2D eigenvalue weighted by molar-refractivity contribution is 7.92. The van der Waals surface area contributed by atoms with Crippen molar-refractivity contribution in [1.29, 1.82) is 0 Å². The Balaban J connectivity index is 1.38. The SMILES string of the molecule is CC(C)S(=O)(=O)c1ccc(CC(=O)NCCN2CCC(c3cccs3)CC2)cc1. The second-order valence-corrected chi connectivity index (χ2v) is 11.4. The predicted molar refractivity (Wildman–Crippen MR) is 118 cm³/mol. The number of likely N-dealkylation sites (tertiary alicyclic amines) is 1. The summed E-state index contributed by atoms with van der Waals surface area (Å²) in [7, 11) is -3.27. The van der Waals surface area contributed by atoms with Gasteiger partial charge in [-0.1, -0.05) is 18.2 Å². The summed E-state index contributed by atoms with van der Waals surface area (Å²) in [6.45, 7) is 6.99. The summed E-state index contributed by atoms with van der Waals surface area (Å²) in [5.41, 5.74) is 0.821. The first-order valence-electron chi connectivity index (χ1n) is 10.2. The van der Waals surface area contributed by atoms with Gasteiger partial charge in [0.15, 0.2) is 9.84 Å². The van der Waals surface area contributed by atoms with Crippen LogP contribution in [0.1, 0.15) is 43.0 Å². The minimum absolute atomic E-state index is 0.0297. The number of nitrogens with zero attached hydrogens (tertiary/aromatic N) is 1. The number of benzene rings is 1. The number of thiophene rings is 1. The van der Waals surface area contributed by atoms with Gasteiger partial charge in [-0.3, -0.25) is 4.79 Å². The lowest BCUT2D eigenvalue weighted by atomic mass is 9.95. The van der Waals surface area contributed by atoms with Crippen LogP contribution in [0.5, 0.6) is 0 Å². The summed E-state index contributed by atoms with van der Waals surface area (Å²) in [6.07, 6.45) is 2.63. The number of carbonyl (C=O) groups excluding carboxylic acids is 1. The summed E-state index contributed by atoms with van der Waals surface area (Å²) in [6, 6.07) is 11.0. The molecule has 0 bridgehead atoms. The number of carbonyl (C=O) groups is 1. The van der Waals surface area contributed by atoms with Crippen molar-refractivity contribution in [3.05, 3.63) is 52.2 Å². The van der Waals surface area contributed by atoms with Crippen LogP contribution in [0.25, 0.3) is 0 Å². The average molecular weight is 435 g/mol. The van der Waals surface area contributed by atoms with Crippen molar-refractivity contribution in [2.75, 3.05) is 26.2 Å². The Hall–Kier alpha value is -1.70. The number of amides is 1. The van der Waals surface area contributed by atoms with E-state index in [1.165, 1.54) is 17.7 Å². The molecule has 3 rings (SSSR count). The van der Waals surface area contributed by atoms with Crippen molar-refractivity contribution in [3.8, 4) is 0 Å². The molecule has 1 aromatic carbocycles. The summed E-state index contributed by atoms with van der Waals surface area (Å²) < 4.78 is 24.3. The quantitative estimate of drug-likeness (QED) is 0.691. The van der Waals surface area contributed by atoms with Gasteiger partial charge in [-0.15, -0.1) is 11.3 Å². The average Bonchev–Trinajstić information content (AvgIpc) is 3.23. The third-order valence-electron chi connectivity index (χ3n) is 5.52. The molecule has 0 spiro atoms. The molecule has 29 heavy (non-hydrogen) atoms. The third-order valence-corrected chi connectivity index (χ3v) is 8.73. The van der Waals surface area contributed by atoms with E-state index in [4.69, 9.17) is 0 Å². The van der Waals surface area contributed by atoms with Gasteiger partial charge in [0, 0.05) is 18.0 Å². The number of hydrogen-bond donors (Lipinski definition) is 1. The van der Waals surface area contributed by atoms with E-state index in [0.29, 0.717) is 17.4 Å². The molecule has 7 heteroatoms. The molecule has 1 amide bonds. The van der Waals surface area contributed by atoms with Crippen LogP contribution in [0.3, 0.4) is 0 Å². The van der Waals surface area contributed by atoms with Crippen molar-refractivity contribution < 1.29 is 13.2 Å². The van der Waals surface area contributed by atoms with E-state index < -0.39 is 15.1 Å². The summed E-state index contributed by atoms with van der Waals surface area (Å²) in [5, 5.41) is 4.68. The first kappa shape index (κ1) is 22.0. The molecule has 5 nitrogen and oxygen atoms in total. The van der Waals surface area contributed by atoms with Crippen LogP contribution in [0, 0.1) is 0 Å². The molecule has 0 atom stereocenters. The molecule has 1 N–H and O–H groups in total.